The lowest BCUT2D eigenvalue weighted by atomic mass is 9.80. The zero-order valence-electron chi connectivity index (χ0n) is 11.8. The number of aryl methyl sites for hydroxylation is 2. The summed E-state index contributed by atoms with van der Waals surface area (Å²) in [5.41, 5.74) is 1.61. The number of ether oxygens (including phenoxy) is 1. The summed E-state index contributed by atoms with van der Waals surface area (Å²) in [6.45, 7) is 3.61. The second kappa shape index (κ2) is 5.52. The Balaban J connectivity index is 1.77. The van der Waals surface area contributed by atoms with E-state index in [1.807, 2.05) is 20.9 Å². The molecule has 1 aromatic heterocycles. The molecule has 1 aliphatic carbocycles. The van der Waals surface area contributed by atoms with Crippen molar-refractivity contribution < 1.29 is 19.4 Å². The fourth-order valence-corrected chi connectivity index (χ4v) is 2.31. The molecule has 0 unspecified atom stereocenters. The van der Waals surface area contributed by atoms with Crippen molar-refractivity contribution >= 4 is 11.9 Å². The lowest BCUT2D eigenvalue weighted by Crippen LogP contribution is -2.48. The minimum Gasteiger partial charge on any atom is -0.481 e. The predicted molar refractivity (Wildman–Crippen MR) is 70.5 cm³/mol. The number of carbonyl (C=O) groups excluding carboxylic acids is 1. The van der Waals surface area contributed by atoms with Crippen LogP contribution in [-0.2, 0) is 16.6 Å². The summed E-state index contributed by atoms with van der Waals surface area (Å²) >= 11 is 0. The molecule has 0 spiro atoms. The van der Waals surface area contributed by atoms with E-state index in [-0.39, 0.29) is 24.5 Å². The molecule has 0 radical (unpaired) electrons. The predicted octanol–water partition coefficient (Wildman–Crippen LogP) is 0.395. The third-order valence-corrected chi connectivity index (χ3v) is 3.64. The maximum Gasteiger partial charge on any atom is 0.306 e. The van der Waals surface area contributed by atoms with Crippen LogP contribution in [0.1, 0.15) is 24.2 Å². The van der Waals surface area contributed by atoms with Crippen LogP contribution in [0.15, 0.2) is 0 Å². The van der Waals surface area contributed by atoms with Crippen molar-refractivity contribution in [1.29, 1.82) is 0 Å². The Hall–Kier alpha value is -2.05. The summed E-state index contributed by atoms with van der Waals surface area (Å²) in [7, 11) is 1.82. The molecule has 1 aliphatic rings. The Labute approximate surface area is 116 Å². The van der Waals surface area contributed by atoms with Gasteiger partial charge in [0.2, 0.25) is 0 Å². The van der Waals surface area contributed by atoms with Gasteiger partial charge in [-0.2, -0.15) is 5.10 Å². The third-order valence-electron chi connectivity index (χ3n) is 3.64. The Morgan fingerprint density at radius 3 is 2.60 bits per heavy atom. The van der Waals surface area contributed by atoms with Crippen molar-refractivity contribution in [1.82, 2.24) is 15.1 Å². The van der Waals surface area contributed by atoms with E-state index < -0.39 is 5.97 Å². The van der Waals surface area contributed by atoms with Crippen LogP contribution in [0.5, 0.6) is 5.75 Å². The quantitative estimate of drug-likeness (QED) is 0.814. The monoisotopic (exact) mass is 281 g/mol. The smallest absolute Gasteiger partial charge is 0.306 e. The molecule has 20 heavy (non-hydrogen) atoms. The number of rotatable bonds is 5. The van der Waals surface area contributed by atoms with Gasteiger partial charge in [0.25, 0.3) is 5.91 Å². The normalized spacial score (nSPS) is 21.1. The summed E-state index contributed by atoms with van der Waals surface area (Å²) < 4.78 is 7.18. The van der Waals surface area contributed by atoms with Gasteiger partial charge < -0.3 is 15.2 Å². The molecule has 7 heteroatoms. The number of aromatic nitrogens is 2. The van der Waals surface area contributed by atoms with Gasteiger partial charge >= 0.3 is 5.97 Å². The van der Waals surface area contributed by atoms with Gasteiger partial charge in [-0.1, -0.05) is 0 Å². The van der Waals surface area contributed by atoms with E-state index in [0.29, 0.717) is 18.6 Å². The number of carboxylic acid groups (broad SMARTS) is 1. The number of carboxylic acids is 1. The summed E-state index contributed by atoms with van der Waals surface area (Å²) in [4.78, 5) is 22.4. The zero-order chi connectivity index (χ0) is 14.9. The first-order valence-electron chi connectivity index (χ1n) is 6.53. The average molecular weight is 281 g/mol. The molecule has 110 valence electrons. The Bertz CT molecular complexity index is 532. The molecule has 1 saturated carbocycles. The highest BCUT2D eigenvalue weighted by Crippen LogP contribution is 2.27. The second-order valence-electron chi connectivity index (χ2n) is 5.18. The van der Waals surface area contributed by atoms with Gasteiger partial charge in [-0.05, 0) is 26.7 Å². The van der Waals surface area contributed by atoms with Gasteiger partial charge in [-0.3, -0.25) is 14.3 Å². The minimum atomic E-state index is -0.798. The Morgan fingerprint density at radius 1 is 1.45 bits per heavy atom. The number of hydrogen-bond donors (Lipinski definition) is 2. The first-order valence-corrected chi connectivity index (χ1v) is 6.53. The van der Waals surface area contributed by atoms with Crippen LogP contribution in [0.3, 0.4) is 0 Å². The molecular weight excluding hydrogens is 262 g/mol. The van der Waals surface area contributed by atoms with Gasteiger partial charge in [0.05, 0.1) is 11.6 Å². The number of nitrogens with one attached hydrogen (secondary N) is 1. The summed E-state index contributed by atoms with van der Waals surface area (Å²) in [5, 5.41) is 15.7. The van der Waals surface area contributed by atoms with E-state index in [0.717, 1.165) is 11.4 Å². The lowest BCUT2D eigenvalue weighted by Gasteiger charge is -2.32. The average Bonchev–Trinajstić information content (AvgIpc) is 2.55. The standard InChI is InChI=1S/C13H19N3O4/c1-7-12(8(2)16(3)15-7)20-6-11(17)14-10-4-9(5-10)13(18)19/h9-10H,4-6H2,1-3H3,(H,14,17)(H,18,19). The summed E-state index contributed by atoms with van der Waals surface area (Å²) in [5.74, 6) is -0.737. The molecule has 0 aliphatic heterocycles. The molecule has 1 amide bonds. The van der Waals surface area contributed by atoms with Crippen LogP contribution in [-0.4, -0.2) is 39.4 Å². The SMILES string of the molecule is Cc1nn(C)c(C)c1OCC(=O)NC1CC(C(=O)O)C1. The lowest BCUT2D eigenvalue weighted by molar-refractivity contribution is -0.146. The van der Waals surface area contributed by atoms with Crippen molar-refractivity contribution in [2.24, 2.45) is 13.0 Å². The van der Waals surface area contributed by atoms with Crippen LogP contribution < -0.4 is 10.1 Å². The van der Waals surface area contributed by atoms with Gasteiger partial charge in [0, 0.05) is 13.1 Å². The summed E-state index contributed by atoms with van der Waals surface area (Å²) in [6, 6.07) is -0.0525. The molecule has 0 atom stereocenters. The van der Waals surface area contributed by atoms with E-state index >= 15 is 0 Å². The second-order valence-corrected chi connectivity index (χ2v) is 5.18. The molecule has 0 bridgehead atoms. The fraction of sp³-hybridized carbons (Fsp3) is 0.615. The topological polar surface area (TPSA) is 93.5 Å². The first kappa shape index (κ1) is 14.4. The van der Waals surface area contributed by atoms with Crippen molar-refractivity contribution in [2.75, 3.05) is 6.61 Å². The zero-order valence-corrected chi connectivity index (χ0v) is 11.8. The van der Waals surface area contributed by atoms with Crippen LogP contribution in [0, 0.1) is 19.8 Å². The number of hydrogen-bond acceptors (Lipinski definition) is 4. The third kappa shape index (κ3) is 2.92. The van der Waals surface area contributed by atoms with E-state index in [9.17, 15) is 9.59 Å². The van der Waals surface area contributed by atoms with E-state index in [2.05, 4.69) is 10.4 Å². The highest BCUT2D eigenvalue weighted by molar-refractivity contribution is 5.78. The first-order chi connectivity index (χ1) is 9.38. The van der Waals surface area contributed by atoms with Crippen molar-refractivity contribution in [3.05, 3.63) is 11.4 Å². The summed E-state index contributed by atoms with van der Waals surface area (Å²) in [6.07, 6.45) is 0.984. The van der Waals surface area contributed by atoms with Crippen LogP contribution >= 0.6 is 0 Å². The Morgan fingerprint density at radius 2 is 2.10 bits per heavy atom. The van der Waals surface area contributed by atoms with E-state index in [1.165, 1.54) is 0 Å². The molecule has 2 rings (SSSR count). The maximum atomic E-state index is 11.7. The minimum absolute atomic E-state index is 0.0525. The number of carbonyl (C=O) groups is 2. The van der Waals surface area contributed by atoms with Crippen LogP contribution in [0.25, 0.3) is 0 Å². The highest BCUT2D eigenvalue weighted by Gasteiger charge is 2.35. The molecule has 7 nitrogen and oxygen atoms in total. The molecule has 0 aromatic carbocycles. The fourth-order valence-electron chi connectivity index (χ4n) is 2.31. The van der Waals surface area contributed by atoms with Crippen molar-refractivity contribution in [3.8, 4) is 5.75 Å². The van der Waals surface area contributed by atoms with E-state index in [1.54, 1.807) is 4.68 Å². The number of amides is 1. The molecule has 1 aromatic rings. The van der Waals surface area contributed by atoms with Gasteiger partial charge in [-0.25, -0.2) is 0 Å². The van der Waals surface area contributed by atoms with Gasteiger partial charge in [-0.15, -0.1) is 0 Å². The van der Waals surface area contributed by atoms with Gasteiger partial charge in [0.15, 0.2) is 12.4 Å². The maximum absolute atomic E-state index is 11.7. The molecule has 0 saturated heterocycles. The number of nitrogens with zero attached hydrogens (tertiary/aromatic N) is 2. The van der Waals surface area contributed by atoms with E-state index in [4.69, 9.17) is 9.84 Å². The largest absolute Gasteiger partial charge is 0.481 e. The molecule has 1 fully saturated rings. The van der Waals surface area contributed by atoms with Crippen LogP contribution in [0.4, 0.5) is 0 Å². The van der Waals surface area contributed by atoms with Crippen LogP contribution in [0.2, 0.25) is 0 Å². The molecule has 1 heterocycles. The molecule has 2 N–H and O–H groups in total. The van der Waals surface area contributed by atoms with Crippen molar-refractivity contribution in [2.45, 2.75) is 32.7 Å². The number of aliphatic carboxylic acids is 1. The highest BCUT2D eigenvalue weighted by atomic mass is 16.5. The Kier molecular flexibility index (Phi) is 3.96. The van der Waals surface area contributed by atoms with Crippen molar-refractivity contribution in [3.63, 3.8) is 0 Å². The molecular formula is C13H19N3O4. The van der Waals surface area contributed by atoms with Gasteiger partial charge in [0.1, 0.15) is 5.69 Å².